The molecule has 268 valence electrons. The van der Waals surface area contributed by atoms with Gasteiger partial charge in [0.1, 0.15) is 6.04 Å². The van der Waals surface area contributed by atoms with Crippen LogP contribution in [0.25, 0.3) is 0 Å². The number of carbonyl (C=O) groups is 2. The average Bonchev–Trinajstić information content (AvgIpc) is 3.06. The summed E-state index contributed by atoms with van der Waals surface area (Å²) in [6.07, 6.45) is 46.4. The summed E-state index contributed by atoms with van der Waals surface area (Å²) in [5.74, 6) is -0.0744. The van der Waals surface area contributed by atoms with E-state index >= 15 is 0 Å². The number of nitrogens with one attached hydrogen (secondary N) is 2. The van der Waals surface area contributed by atoms with Gasteiger partial charge in [-0.1, -0.05) is 140 Å². The predicted molar refractivity (Wildman–Crippen MR) is 202 cm³/mol. The number of amides is 2. The molecule has 0 fully saturated rings. The van der Waals surface area contributed by atoms with Gasteiger partial charge < -0.3 is 16.4 Å². The van der Waals surface area contributed by atoms with E-state index in [0.717, 1.165) is 51.4 Å². The molecule has 0 aliphatic rings. The Bertz CT molecular complexity index is 746. The Morgan fingerprint density at radius 2 is 0.978 bits per heavy atom. The van der Waals surface area contributed by atoms with Gasteiger partial charge in [0.2, 0.25) is 11.8 Å². The first-order chi connectivity index (χ1) is 22.7. The zero-order valence-corrected chi connectivity index (χ0v) is 30.6. The van der Waals surface area contributed by atoms with Crippen LogP contribution in [-0.4, -0.2) is 30.9 Å². The van der Waals surface area contributed by atoms with Crippen molar-refractivity contribution < 1.29 is 9.59 Å². The van der Waals surface area contributed by atoms with E-state index in [1.165, 1.54) is 116 Å². The number of rotatable bonds is 35. The Morgan fingerprint density at radius 3 is 1.52 bits per heavy atom. The molecule has 5 nitrogen and oxygen atoms in total. The molecule has 46 heavy (non-hydrogen) atoms. The molecule has 5 heteroatoms. The molecule has 0 saturated heterocycles. The highest BCUT2D eigenvalue weighted by molar-refractivity contribution is 5.87. The van der Waals surface area contributed by atoms with Crippen LogP contribution in [0.4, 0.5) is 0 Å². The van der Waals surface area contributed by atoms with Crippen molar-refractivity contribution in [3.05, 3.63) is 36.5 Å². The number of hydrogen-bond donors (Lipinski definition) is 3. The standard InChI is InChI=1S/C41H77N3O2/c1-3-5-7-9-11-13-15-17-19-21-23-25-27-29-31-33-38-43-41(46)39(35-34-37-42)44-40(45)36-32-30-28-26-24-22-20-18-16-14-12-10-8-6-4-2/h12,14,17-20,39H,3-11,13,15-16,21-38,42H2,1-2H3,(H,43,46)(H,44,45)/b14-12-,19-17-,20-18-. The molecular formula is C41H77N3O2. The van der Waals surface area contributed by atoms with Crippen LogP contribution in [0.1, 0.15) is 194 Å². The monoisotopic (exact) mass is 644 g/mol. The lowest BCUT2D eigenvalue weighted by Crippen LogP contribution is -2.47. The summed E-state index contributed by atoms with van der Waals surface area (Å²) >= 11 is 0. The second-order valence-electron chi connectivity index (χ2n) is 13.3. The highest BCUT2D eigenvalue weighted by Gasteiger charge is 2.19. The van der Waals surface area contributed by atoms with Gasteiger partial charge in [-0.15, -0.1) is 0 Å². The quantitative estimate of drug-likeness (QED) is 0.0474. The van der Waals surface area contributed by atoms with Gasteiger partial charge in [-0.05, 0) is 90.0 Å². The van der Waals surface area contributed by atoms with Crippen LogP contribution in [0.2, 0.25) is 0 Å². The zero-order chi connectivity index (χ0) is 33.6. The second kappa shape index (κ2) is 37.6. The fourth-order valence-electron chi connectivity index (χ4n) is 5.66. The summed E-state index contributed by atoms with van der Waals surface area (Å²) in [6.45, 7) is 5.72. The Balaban J connectivity index is 3.81. The molecule has 0 aliphatic carbocycles. The van der Waals surface area contributed by atoms with Crippen molar-refractivity contribution in [2.24, 2.45) is 5.73 Å². The van der Waals surface area contributed by atoms with Crippen molar-refractivity contribution >= 4 is 11.8 Å². The van der Waals surface area contributed by atoms with E-state index in [-0.39, 0.29) is 11.8 Å². The average molecular weight is 644 g/mol. The molecule has 0 aromatic rings. The van der Waals surface area contributed by atoms with Crippen LogP contribution < -0.4 is 16.4 Å². The van der Waals surface area contributed by atoms with Crippen molar-refractivity contribution in [2.75, 3.05) is 13.1 Å². The molecule has 0 rings (SSSR count). The predicted octanol–water partition coefficient (Wildman–Crippen LogP) is 11.2. The van der Waals surface area contributed by atoms with E-state index in [0.29, 0.717) is 25.9 Å². The van der Waals surface area contributed by atoms with E-state index in [1.807, 2.05) is 0 Å². The van der Waals surface area contributed by atoms with Crippen LogP contribution in [0, 0.1) is 0 Å². The van der Waals surface area contributed by atoms with Gasteiger partial charge in [0.15, 0.2) is 0 Å². The number of nitrogens with two attached hydrogens (primary N) is 1. The summed E-state index contributed by atoms with van der Waals surface area (Å²) in [6, 6.07) is -0.469. The third-order valence-corrected chi connectivity index (χ3v) is 8.69. The van der Waals surface area contributed by atoms with E-state index in [1.54, 1.807) is 0 Å². The van der Waals surface area contributed by atoms with Crippen LogP contribution in [-0.2, 0) is 9.59 Å². The van der Waals surface area contributed by atoms with E-state index in [4.69, 9.17) is 5.73 Å². The molecule has 1 unspecified atom stereocenters. The minimum atomic E-state index is -0.469. The van der Waals surface area contributed by atoms with Gasteiger partial charge >= 0.3 is 0 Å². The number of hydrogen-bond acceptors (Lipinski definition) is 3. The lowest BCUT2D eigenvalue weighted by atomic mass is 10.1. The van der Waals surface area contributed by atoms with Crippen LogP contribution in [0.15, 0.2) is 36.5 Å². The lowest BCUT2D eigenvalue weighted by molar-refractivity contribution is -0.129. The summed E-state index contributed by atoms with van der Waals surface area (Å²) in [4.78, 5) is 25.3. The topological polar surface area (TPSA) is 84.2 Å². The SMILES string of the molecule is CCCCC/C=C\C/C=C\CCCCCCCC(=O)NC(CCCN)C(=O)NCCCCCCCC/C=C\CCCCCCCC. The van der Waals surface area contributed by atoms with Gasteiger partial charge in [-0.25, -0.2) is 0 Å². The third kappa shape index (κ3) is 33.5. The van der Waals surface area contributed by atoms with Gasteiger partial charge in [-0.2, -0.15) is 0 Å². The van der Waals surface area contributed by atoms with Gasteiger partial charge in [0, 0.05) is 13.0 Å². The minimum Gasteiger partial charge on any atom is -0.354 e. The summed E-state index contributed by atoms with van der Waals surface area (Å²) in [7, 11) is 0. The van der Waals surface area contributed by atoms with Crippen molar-refractivity contribution in [1.29, 1.82) is 0 Å². The summed E-state index contributed by atoms with van der Waals surface area (Å²) in [5.41, 5.74) is 5.70. The molecule has 2 amide bonds. The van der Waals surface area contributed by atoms with E-state index in [9.17, 15) is 9.59 Å². The molecule has 0 aromatic carbocycles. The molecule has 0 bridgehead atoms. The Hall–Kier alpha value is -1.88. The van der Waals surface area contributed by atoms with Crippen molar-refractivity contribution in [3.8, 4) is 0 Å². The first-order valence-corrected chi connectivity index (χ1v) is 19.9. The molecule has 0 saturated carbocycles. The summed E-state index contributed by atoms with van der Waals surface area (Å²) in [5, 5.41) is 6.04. The molecule has 0 aliphatic heterocycles. The maximum absolute atomic E-state index is 12.8. The Kier molecular flexibility index (Phi) is 36.0. The molecule has 0 radical (unpaired) electrons. The third-order valence-electron chi connectivity index (χ3n) is 8.69. The largest absolute Gasteiger partial charge is 0.354 e. The van der Waals surface area contributed by atoms with E-state index < -0.39 is 6.04 Å². The van der Waals surface area contributed by atoms with Crippen molar-refractivity contribution in [2.45, 2.75) is 200 Å². The molecule has 1 atom stereocenters. The van der Waals surface area contributed by atoms with Crippen LogP contribution in [0.5, 0.6) is 0 Å². The fraction of sp³-hybridized carbons (Fsp3) is 0.805. The van der Waals surface area contributed by atoms with Crippen molar-refractivity contribution in [1.82, 2.24) is 10.6 Å². The Morgan fingerprint density at radius 1 is 0.543 bits per heavy atom. The van der Waals surface area contributed by atoms with Crippen LogP contribution >= 0.6 is 0 Å². The van der Waals surface area contributed by atoms with Gasteiger partial charge in [0.05, 0.1) is 0 Å². The molecule has 0 spiro atoms. The minimum absolute atomic E-state index is 0.0138. The normalized spacial score (nSPS) is 12.5. The molecule has 0 aromatic heterocycles. The van der Waals surface area contributed by atoms with E-state index in [2.05, 4.69) is 60.9 Å². The second-order valence-corrected chi connectivity index (χ2v) is 13.3. The number of carbonyl (C=O) groups excluding carboxylic acids is 2. The maximum atomic E-state index is 12.8. The number of unbranched alkanes of at least 4 members (excludes halogenated alkanes) is 20. The van der Waals surface area contributed by atoms with Gasteiger partial charge in [-0.3, -0.25) is 9.59 Å². The first kappa shape index (κ1) is 44.1. The van der Waals surface area contributed by atoms with Crippen LogP contribution in [0.3, 0.4) is 0 Å². The molecule has 0 heterocycles. The Labute approximate surface area is 286 Å². The number of allylic oxidation sites excluding steroid dienone is 6. The maximum Gasteiger partial charge on any atom is 0.242 e. The van der Waals surface area contributed by atoms with Crippen molar-refractivity contribution in [3.63, 3.8) is 0 Å². The highest BCUT2D eigenvalue weighted by Crippen LogP contribution is 2.11. The summed E-state index contributed by atoms with van der Waals surface area (Å²) < 4.78 is 0. The lowest BCUT2D eigenvalue weighted by Gasteiger charge is -2.18. The fourth-order valence-corrected chi connectivity index (χ4v) is 5.66. The molecule has 4 N–H and O–H groups in total. The smallest absolute Gasteiger partial charge is 0.242 e. The first-order valence-electron chi connectivity index (χ1n) is 19.9. The zero-order valence-electron chi connectivity index (χ0n) is 30.6. The highest BCUT2D eigenvalue weighted by atomic mass is 16.2. The molecular weight excluding hydrogens is 566 g/mol. The van der Waals surface area contributed by atoms with Gasteiger partial charge in [0.25, 0.3) is 0 Å².